The van der Waals surface area contributed by atoms with Gasteiger partial charge in [-0.2, -0.15) is 0 Å². The lowest BCUT2D eigenvalue weighted by Gasteiger charge is -2.24. The topological polar surface area (TPSA) is 243 Å². The van der Waals surface area contributed by atoms with Gasteiger partial charge in [0.2, 0.25) is 11.8 Å². The number of carboxylic acids is 3. The number of nitrogens with two attached hydrogens (primary N) is 1. The molecule has 0 saturated carbocycles. The Hall–Kier alpha value is -2.97. The summed E-state index contributed by atoms with van der Waals surface area (Å²) in [5, 5.41) is 32.4. The molecule has 1 unspecified atom stereocenters. The van der Waals surface area contributed by atoms with Crippen molar-refractivity contribution < 1.29 is 58.3 Å². The molecule has 0 radical (unpaired) electrons. The summed E-state index contributed by atoms with van der Waals surface area (Å²) in [6.45, 7) is 4.92. The zero-order valence-electron chi connectivity index (χ0n) is 24.4. The molecule has 1 aliphatic rings. The summed E-state index contributed by atoms with van der Waals surface area (Å²) in [6, 6.07) is 0. The van der Waals surface area contributed by atoms with Crippen LogP contribution in [0.4, 0.5) is 0 Å². The molecule has 0 aromatic heterocycles. The normalized spacial score (nSPS) is 16.0. The molecule has 18 nitrogen and oxygen atoms in total. The lowest BCUT2D eigenvalue weighted by molar-refractivity contribution is -0.151. The van der Waals surface area contributed by atoms with Crippen LogP contribution in [0.1, 0.15) is 12.8 Å². The van der Waals surface area contributed by atoms with Gasteiger partial charge in [0.15, 0.2) is 6.10 Å². The number of amides is 2. The molecule has 1 atom stereocenters. The third-order valence-electron chi connectivity index (χ3n) is 6.24. The summed E-state index contributed by atoms with van der Waals surface area (Å²) in [5.41, 5.74) is 0. The molecule has 1 heterocycles. The van der Waals surface area contributed by atoms with Gasteiger partial charge in [-0.3, -0.25) is 38.7 Å². The van der Waals surface area contributed by atoms with E-state index >= 15 is 0 Å². The molecule has 1 saturated heterocycles. The lowest BCUT2D eigenvalue weighted by Crippen LogP contribution is -2.43. The molecule has 1 fully saturated rings. The summed E-state index contributed by atoms with van der Waals surface area (Å²) < 4.78 is 16.2. The van der Waals surface area contributed by atoms with E-state index in [4.69, 9.17) is 35.4 Å². The Morgan fingerprint density at radius 3 is 1.42 bits per heavy atom. The van der Waals surface area contributed by atoms with E-state index in [-0.39, 0.29) is 64.0 Å². The first-order valence-corrected chi connectivity index (χ1v) is 14.1. The van der Waals surface area contributed by atoms with E-state index in [1.54, 1.807) is 9.80 Å². The SMILES string of the molecule is NOC(CCC(=O)NCCOCCOCCOCCNC(=O)CN1CCN(CC(=O)O)CCN(CC(=O)O)CC1)C(=O)O. The van der Waals surface area contributed by atoms with Gasteiger partial charge in [-0.25, -0.2) is 10.7 Å². The molecule has 248 valence electrons. The third kappa shape index (κ3) is 20.6. The second-order valence-electron chi connectivity index (χ2n) is 9.65. The highest BCUT2D eigenvalue weighted by Crippen LogP contribution is 2.02. The minimum atomic E-state index is -1.23. The maximum atomic E-state index is 12.4. The number of carbonyl (C=O) groups is 5. The Morgan fingerprint density at radius 1 is 0.628 bits per heavy atom. The first kappa shape index (κ1) is 38.1. The molecule has 0 bridgehead atoms. The van der Waals surface area contributed by atoms with Crippen molar-refractivity contribution in [1.29, 1.82) is 0 Å². The van der Waals surface area contributed by atoms with Gasteiger partial charge in [0, 0.05) is 58.8 Å². The molecular formula is C25H46N6O12. The molecule has 43 heavy (non-hydrogen) atoms. The smallest absolute Gasteiger partial charge is 0.334 e. The lowest BCUT2D eigenvalue weighted by atomic mass is 10.2. The highest BCUT2D eigenvalue weighted by atomic mass is 16.6. The van der Waals surface area contributed by atoms with Gasteiger partial charge >= 0.3 is 17.9 Å². The van der Waals surface area contributed by atoms with Crippen LogP contribution in [0.2, 0.25) is 0 Å². The fraction of sp³-hybridized carbons (Fsp3) is 0.800. The largest absolute Gasteiger partial charge is 0.480 e. The van der Waals surface area contributed by atoms with Crippen LogP contribution in [0.3, 0.4) is 0 Å². The van der Waals surface area contributed by atoms with Crippen molar-refractivity contribution in [2.24, 2.45) is 5.90 Å². The van der Waals surface area contributed by atoms with Crippen molar-refractivity contribution in [2.45, 2.75) is 18.9 Å². The average molecular weight is 623 g/mol. The predicted molar refractivity (Wildman–Crippen MR) is 149 cm³/mol. The Balaban J connectivity index is 2.09. The fourth-order valence-corrected chi connectivity index (χ4v) is 3.97. The second-order valence-corrected chi connectivity index (χ2v) is 9.65. The van der Waals surface area contributed by atoms with Gasteiger partial charge < -0.3 is 40.2 Å². The van der Waals surface area contributed by atoms with Crippen molar-refractivity contribution in [3.05, 3.63) is 0 Å². The van der Waals surface area contributed by atoms with E-state index < -0.39 is 24.0 Å². The van der Waals surface area contributed by atoms with E-state index in [0.717, 1.165) is 0 Å². The molecule has 7 N–H and O–H groups in total. The van der Waals surface area contributed by atoms with Crippen LogP contribution >= 0.6 is 0 Å². The Kier molecular flexibility index (Phi) is 20.8. The first-order chi connectivity index (χ1) is 20.6. The fourth-order valence-electron chi connectivity index (χ4n) is 3.97. The number of hydrogen-bond acceptors (Lipinski definition) is 13. The molecule has 1 aliphatic heterocycles. The van der Waals surface area contributed by atoms with Crippen LogP contribution in [-0.2, 0) is 43.0 Å². The van der Waals surface area contributed by atoms with Crippen molar-refractivity contribution >= 4 is 29.7 Å². The summed E-state index contributed by atoms with van der Waals surface area (Å²) in [6.07, 6.45) is -1.30. The zero-order chi connectivity index (χ0) is 31.9. The van der Waals surface area contributed by atoms with Gasteiger partial charge in [0.05, 0.1) is 59.3 Å². The van der Waals surface area contributed by atoms with Gasteiger partial charge in [-0.1, -0.05) is 0 Å². The van der Waals surface area contributed by atoms with Crippen molar-refractivity contribution in [3.8, 4) is 0 Å². The number of carboxylic acid groups (broad SMARTS) is 3. The van der Waals surface area contributed by atoms with Crippen LogP contribution < -0.4 is 16.5 Å². The highest BCUT2D eigenvalue weighted by Gasteiger charge is 2.21. The Labute approximate surface area is 250 Å². The molecule has 18 heteroatoms. The van der Waals surface area contributed by atoms with Crippen molar-refractivity contribution in [2.75, 3.05) is 112 Å². The second kappa shape index (κ2) is 23.5. The summed E-state index contributed by atoms with van der Waals surface area (Å²) >= 11 is 0. The number of nitrogens with one attached hydrogen (secondary N) is 2. The number of rotatable bonds is 23. The Morgan fingerprint density at radius 2 is 1.02 bits per heavy atom. The van der Waals surface area contributed by atoms with E-state index in [0.29, 0.717) is 72.2 Å². The quantitative estimate of drug-likeness (QED) is 0.0478. The van der Waals surface area contributed by atoms with Crippen LogP contribution in [-0.4, -0.2) is 177 Å². The van der Waals surface area contributed by atoms with Gasteiger partial charge in [-0.15, -0.1) is 0 Å². The summed E-state index contributed by atoms with van der Waals surface area (Å²) in [5.74, 6) is 1.16. The summed E-state index contributed by atoms with van der Waals surface area (Å²) in [7, 11) is 0. The van der Waals surface area contributed by atoms with Gasteiger partial charge in [0.1, 0.15) is 0 Å². The Bertz CT molecular complexity index is 824. The van der Waals surface area contributed by atoms with Crippen LogP contribution in [0, 0.1) is 0 Å². The van der Waals surface area contributed by atoms with E-state index in [1.807, 2.05) is 4.90 Å². The van der Waals surface area contributed by atoms with Gasteiger partial charge in [0.25, 0.3) is 0 Å². The molecule has 2 amide bonds. The molecule has 0 aromatic carbocycles. The maximum Gasteiger partial charge on any atom is 0.334 e. The monoisotopic (exact) mass is 622 g/mol. The van der Waals surface area contributed by atoms with Gasteiger partial charge in [-0.05, 0) is 6.42 Å². The van der Waals surface area contributed by atoms with E-state index in [9.17, 15) is 24.0 Å². The molecule has 0 aliphatic carbocycles. The van der Waals surface area contributed by atoms with Crippen LogP contribution in [0.5, 0.6) is 0 Å². The number of ether oxygens (including phenoxy) is 3. The molecule has 0 spiro atoms. The van der Waals surface area contributed by atoms with Crippen LogP contribution in [0.15, 0.2) is 0 Å². The minimum Gasteiger partial charge on any atom is -0.480 e. The number of hydrogen-bond donors (Lipinski definition) is 6. The predicted octanol–water partition coefficient (Wildman–Crippen LogP) is -3.52. The maximum absolute atomic E-state index is 12.4. The van der Waals surface area contributed by atoms with Crippen molar-refractivity contribution in [1.82, 2.24) is 25.3 Å². The first-order valence-electron chi connectivity index (χ1n) is 14.1. The average Bonchev–Trinajstić information content (AvgIpc) is 3.02. The van der Waals surface area contributed by atoms with Crippen LogP contribution in [0.25, 0.3) is 0 Å². The van der Waals surface area contributed by atoms with E-state index in [2.05, 4.69) is 15.5 Å². The number of aliphatic carboxylic acids is 3. The molecular weight excluding hydrogens is 576 g/mol. The third-order valence-corrected chi connectivity index (χ3v) is 6.24. The zero-order valence-corrected chi connectivity index (χ0v) is 24.4. The van der Waals surface area contributed by atoms with E-state index in [1.165, 1.54) is 0 Å². The minimum absolute atomic E-state index is 0.0352. The molecule has 0 aromatic rings. The standard InChI is InChI=1S/C25H46N6O12/c26-43-20(25(38)39)1-2-21(32)27-3-11-40-13-15-42-16-14-41-12-4-28-22(33)17-29-5-7-30(18-23(34)35)9-10-31(8-6-29)19-24(36)37/h20H,1-19,26H2,(H,27,32)(H,28,33)(H,34,35)(H,36,37)(H,38,39). The molecule has 1 rings (SSSR count). The van der Waals surface area contributed by atoms with Crippen molar-refractivity contribution in [3.63, 3.8) is 0 Å². The number of nitrogens with zero attached hydrogens (tertiary/aromatic N) is 3. The highest BCUT2D eigenvalue weighted by molar-refractivity contribution is 5.78. The number of carbonyl (C=O) groups excluding carboxylic acids is 2. The summed E-state index contributed by atoms with van der Waals surface area (Å²) in [4.78, 5) is 66.8.